The second-order valence-corrected chi connectivity index (χ2v) is 6.13. The lowest BCUT2D eigenvalue weighted by Crippen LogP contribution is -2.13. The van der Waals surface area contributed by atoms with Gasteiger partial charge in [0.1, 0.15) is 8.51 Å². The van der Waals surface area contributed by atoms with Gasteiger partial charge in [0.2, 0.25) is 0 Å². The summed E-state index contributed by atoms with van der Waals surface area (Å²) in [6, 6.07) is 7.86. The monoisotopic (exact) mass is 272 g/mol. The fourth-order valence-electron chi connectivity index (χ4n) is 1.09. The molecular weight excluding hydrogens is 261 g/mol. The van der Waals surface area contributed by atoms with Gasteiger partial charge in [-0.1, -0.05) is 18.2 Å². The third-order valence-electron chi connectivity index (χ3n) is 1.74. The first-order valence-corrected chi connectivity index (χ1v) is 7.34. The van der Waals surface area contributed by atoms with Crippen molar-refractivity contribution in [3.05, 3.63) is 36.0 Å². The lowest BCUT2D eigenvalue weighted by Gasteiger charge is -2.11. The van der Waals surface area contributed by atoms with Gasteiger partial charge < -0.3 is 13.9 Å². The normalized spacial score (nSPS) is 12.8. The van der Waals surface area contributed by atoms with Crippen LogP contribution >= 0.6 is 25.5 Å². The van der Waals surface area contributed by atoms with Gasteiger partial charge in [-0.15, -0.1) is 0 Å². The zero-order valence-corrected chi connectivity index (χ0v) is 11.2. The fraction of sp³-hybridized carbons (Fsp3) is 0. The second kappa shape index (κ2) is 6.44. The topological polar surface area (TPSA) is 65.7 Å². The molecule has 84 valence electrons. The highest BCUT2D eigenvalue weighted by Crippen LogP contribution is 2.20. The number of hydrogen-bond acceptors (Lipinski definition) is 3. The minimum absolute atomic E-state index is 0.614. The molecule has 0 amide bonds. The van der Waals surface area contributed by atoms with E-state index in [-0.39, 0.29) is 0 Å². The minimum Gasteiger partial charge on any atom is -0.382 e. The zero-order valence-electron chi connectivity index (χ0n) is 8.27. The van der Waals surface area contributed by atoms with E-state index >= 15 is 0 Å². The summed E-state index contributed by atoms with van der Waals surface area (Å²) in [6.45, 7) is 0. The summed E-state index contributed by atoms with van der Waals surface area (Å²) in [6.07, 6.45) is 3.74. The van der Waals surface area contributed by atoms with Gasteiger partial charge in [0, 0.05) is 28.8 Å². The number of benzene rings is 1. The Kier molecular flexibility index (Phi) is 4.57. The lowest BCUT2D eigenvalue weighted by atomic mass is 10.2. The highest BCUT2D eigenvalue weighted by molar-refractivity contribution is 7.43. The van der Waals surface area contributed by atoms with Crippen molar-refractivity contribution in [1.29, 1.82) is 0 Å². The van der Waals surface area contributed by atoms with Crippen molar-refractivity contribution in [3.63, 3.8) is 0 Å². The Labute approximate surface area is 97.7 Å². The molecule has 3 rings (SSSR count). The van der Waals surface area contributed by atoms with Crippen molar-refractivity contribution < 1.29 is 4.84 Å². The molecule has 2 aromatic rings. The van der Waals surface area contributed by atoms with E-state index in [4.69, 9.17) is 4.84 Å². The van der Waals surface area contributed by atoms with Gasteiger partial charge >= 0.3 is 0 Å². The van der Waals surface area contributed by atoms with Crippen molar-refractivity contribution in [2.75, 3.05) is 0 Å². The van der Waals surface area contributed by atoms with Crippen LogP contribution in [0.25, 0.3) is 6.08 Å². The van der Waals surface area contributed by atoms with Crippen LogP contribution in [0.4, 0.5) is 0 Å². The Morgan fingerprint density at radius 2 is 2.25 bits per heavy atom. The van der Waals surface area contributed by atoms with E-state index in [1.165, 1.54) is 0 Å². The second-order valence-electron chi connectivity index (χ2n) is 2.76. The number of aromatic nitrogens is 3. The number of rotatable bonds is 0. The number of fused-ring (bicyclic) bond motifs is 1. The summed E-state index contributed by atoms with van der Waals surface area (Å²) in [4.78, 5) is 5.09. The van der Waals surface area contributed by atoms with Crippen molar-refractivity contribution in [2.24, 2.45) is 0 Å². The summed E-state index contributed by atoms with van der Waals surface area (Å²) in [5.41, 5.74) is 3.77. The van der Waals surface area contributed by atoms with Gasteiger partial charge in [-0.2, -0.15) is 4.51 Å². The molecule has 0 radical (unpaired) electrons. The smallest absolute Gasteiger partial charge is 0.162 e. The van der Waals surface area contributed by atoms with Gasteiger partial charge in [-0.3, -0.25) is 0 Å². The molecule has 0 aliphatic carbocycles. The molecule has 2 unspecified atom stereocenters. The highest BCUT2D eigenvalue weighted by atomic mass is 31.1. The highest BCUT2D eigenvalue weighted by Gasteiger charge is 2.01. The zero-order chi connectivity index (χ0) is 11.1. The number of hydroxylamine groups is 1. The molecule has 0 spiro atoms. The van der Waals surface area contributed by atoms with Crippen molar-refractivity contribution in [3.8, 4) is 5.75 Å². The van der Waals surface area contributed by atoms with Gasteiger partial charge in [0.25, 0.3) is 0 Å². The summed E-state index contributed by atoms with van der Waals surface area (Å²) in [5.74, 6) is 0.880. The maximum Gasteiger partial charge on any atom is 0.162 e. The van der Waals surface area contributed by atoms with Crippen LogP contribution in [0.5, 0.6) is 5.75 Å². The minimum atomic E-state index is 0.614. The van der Waals surface area contributed by atoms with Crippen LogP contribution in [-0.2, 0) is 0 Å². The SMILES string of the molecule is C1=Cc2ccccc2ON1.n1p[nH][pH][nH][pH]1. The molecule has 2 atom stereocenters. The molecule has 3 N–H and O–H groups in total. The van der Waals surface area contributed by atoms with Crippen LogP contribution in [0.1, 0.15) is 5.56 Å². The predicted octanol–water partition coefficient (Wildman–Crippen LogP) is 3.06. The Balaban J connectivity index is 0.000000138. The number of H-pyrrole nitrogens is 2. The molecule has 1 aromatic carbocycles. The number of aromatic amines is 2. The standard InChI is InChI=1S/C8H7NO.H4N3P3/c1-2-4-8-7(3-1)5-6-9-10-8;1-4-2-6-3-5-1/h1-6,9H;1,4-5H,(H,2,3). The summed E-state index contributed by atoms with van der Waals surface area (Å²) >= 11 is 0. The van der Waals surface area contributed by atoms with Gasteiger partial charge in [0.05, 0.1) is 0 Å². The molecule has 16 heavy (non-hydrogen) atoms. The largest absolute Gasteiger partial charge is 0.382 e. The quantitative estimate of drug-likeness (QED) is 0.690. The van der Waals surface area contributed by atoms with E-state index in [2.05, 4.69) is 19.0 Å². The van der Waals surface area contributed by atoms with Crippen LogP contribution in [0.15, 0.2) is 30.5 Å². The van der Waals surface area contributed by atoms with E-state index in [0.29, 0.717) is 17.0 Å². The summed E-state index contributed by atoms with van der Waals surface area (Å²) in [7, 11) is 2.36. The van der Waals surface area contributed by atoms with Crippen LogP contribution in [0.3, 0.4) is 0 Å². The van der Waals surface area contributed by atoms with Crippen LogP contribution in [0.2, 0.25) is 0 Å². The Bertz CT molecular complexity index is 441. The lowest BCUT2D eigenvalue weighted by molar-refractivity contribution is 0.239. The number of hydrogen-bond donors (Lipinski definition) is 3. The average molecular weight is 272 g/mol. The van der Waals surface area contributed by atoms with Crippen molar-refractivity contribution >= 4 is 31.6 Å². The molecule has 0 fully saturated rings. The first kappa shape index (κ1) is 11.3. The van der Waals surface area contributed by atoms with Crippen LogP contribution < -0.4 is 10.3 Å². The Morgan fingerprint density at radius 1 is 1.31 bits per heavy atom. The molecule has 1 aliphatic heterocycles. The van der Waals surface area contributed by atoms with Crippen LogP contribution in [-0.4, -0.2) is 13.5 Å². The molecule has 0 bridgehead atoms. The molecule has 0 saturated carbocycles. The van der Waals surface area contributed by atoms with Crippen LogP contribution in [0, 0.1) is 0 Å². The fourth-order valence-corrected chi connectivity index (χ4v) is 3.74. The maximum atomic E-state index is 5.09. The van der Waals surface area contributed by atoms with E-state index in [1.54, 1.807) is 6.20 Å². The van der Waals surface area contributed by atoms with E-state index in [1.807, 2.05) is 30.3 Å². The van der Waals surface area contributed by atoms with E-state index < -0.39 is 0 Å². The molecule has 1 aliphatic rings. The molecular formula is C8H11N4OP3. The van der Waals surface area contributed by atoms with E-state index in [0.717, 1.165) is 19.8 Å². The maximum absolute atomic E-state index is 5.09. The van der Waals surface area contributed by atoms with Crippen molar-refractivity contribution in [1.82, 2.24) is 19.0 Å². The molecule has 2 heterocycles. The van der Waals surface area contributed by atoms with Gasteiger partial charge in [-0.25, -0.2) is 5.48 Å². The Morgan fingerprint density at radius 3 is 2.88 bits per heavy atom. The average Bonchev–Trinajstić information content (AvgIpc) is 2.42. The number of nitrogens with zero attached hydrogens (tertiary/aromatic N) is 1. The summed E-state index contributed by atoms with van der Waals surface area (Å²) < 4.78 is 10.0. The molecule has 1 aromatic heterocycles. The Hall–Kier alpha value is -1.14. The number of nitrogens with one attached hydrogen (secondary N) is 3. The molecule has 5 nitrogen and oxygen atoms in total. The first-order valence-electron chi connectivity index (χ1n) is 4.54. The predicted molar refractivity (Wildman–Crippen MR) is 71.3 cm³/mol. The molecule has 0 saturated heterocycles. The first-order chi connectivity index (χ1) is 7.97. The molecule has 8 heteroatoms. The van der Waals surface area contributed by atoms with Crippen molar-refractivity contribution in [2.45, 2.75) is 0 Å². The van der Waals surface area contributed by atoms with Gasteiger partial charge in [-0.05, 0) is 12.1 Å². The third-order valence-corrected chi connectivity index (χ3v) is 4.34. The summed E-state index contributed by atoms with van der Waals surface area (Å²) in [5, 5.41) is 0. The third kappa shape index (κ3) is 3.46. The van der Waals surface area contributed by atoms with E-state index in [9.17, 15) is 0 Å². The number of para-hydroxylation sites is 1. The van der Waals surface area contributed by atoms with Gasteiger partial charge in [0.15, 0.2) is 5.75 Å².